The molecule has 0 radical (unpaired) electrons. The van der Waals surface area contributed by atoms with E-state index in [1.54, 1.807) is 7.11 Å². The molecule has 1 saturated heterocycles. The molecule has 1 aliphatic heterocycles. The highest BCUT2D eigenvalue weighted by Crippen LogP contribution is 2.35. The van der Waals surface area contributed by atoms with E-state index in [1.165, 1.54) is 27.8 Å². The number of ether oxygens (including phenoxy) is 1. The van der Waals surface area contributed by atoms with Crippen molar-refractivity contribution in [1.29, 1.82) is 0 Å². The minimum atomic E-state index is -3.92. The molecule has 1 atom stereocenters. The Morgan fingerprint density at radius 1 is 1.27 bits per heavy atom. The van der Waals surface area contributed by atoms with Crippen molar-refractivity contribution < 1.29 is 22.3 Å². The first-order chi connectivity index (χ1) is 14.3. The van der Waals surface area contributed by atoms with Crippen molar-refractivity contribution in [2.75, 3.05) is 19.0 Å². The number of aromatic nitrogens is 1. The van der Waals surface area contributed by atoms with Crippen LogP contribution >= 0.6 is 11.3 Å². The first-order valence-corrected chi connectivity index (χ1v) is 11.6. The first-order valence-electron chi connectivity index (χ1n) is 9.33. The summed E-state index contributed by atoms with van der Waals surface area (Å²) in [7, 11) is -2.36. The molecular weight excluding hydrogens is 429 g/mol. The highest BCUT2D eigenvalue weighted by Gasteiger charge is 2.39. The number of fused-ring (bicyclic) bond motifs is 1. The zero-order chi connectivity index (χ0) is 21.5. The van der Waals surface area contributed by atoms with Gasteiger partial charge in [0.1, 0.15) is 23.1 Å². The number of carbonyl (C=O) groups is 1. The quantitative estimate of drug-likeness (QED) is 0.644. The predicted octanol–water partition coefficient (Wildman–Crippen LogP) is 3.54. The summed E-state index contributed by atoms with van der Waals surface area (Å²) < 4.78 is 46.5. The van der Waals surface area contributed by atoms with Gasteiger partial charge in [0.05, 0.1) is 16.7 Å². The molecule has 0 spiro atoms. The number of anilines is 1. The smallest absolute Gasteiger partial charge is 0.244 e. The Balaban J connectivity index is 1.59. The number of sulfonamides is 1. The van der Waals surface area contributed by atoms with Crippen LogP contribution < -0.4 is 10.1 Å². The van der Waals surface area contributed by atoms with Gasteiger partial charge in [-0.3, -0.25) is 4.79 Å². The van der Waals surface area contributed by atoms with Crippen molar-refractivity contribution in [3.05, 3.63) is 47.8 Å². The summed E-state index contributed by atoms with van der Waals surface area (Å²) in [5.41, 5.74) is 1.66. The third-order valence-corrected chi connectivity index (χ3v) is 8.11. The van der Waals surface area contributed by atoms with Gasteiger partial charge in [0.15, 0.2) is 5.13 Å². The highest BCUT2D eigenvalue weighted by molar-refractivity contribution is 7.89. The van der Waals surface area contributed by atoms with Crippen LogP contribution in [0.25, 0.3) is 10.2 Å². The minimum absolute atomic E-state index is 0.0380. The van der Waals surface area contributed by atoms with E-state index in [4.69, 9.17) is 4.74 Å². The van der Waals surface area contributed by atoms with Crippen molar-refractivity contribution in [3.8, 4) is 5.75 Å². The fourth-order valence-electron chi connectivity index (χ4n) is 3.55. The number of hydrogen-bond acceptors (Lipinski definition) is 6. The largest absolute Gasteiger partial charge is 0.494 e. The topological polar surface area (TPSA) is 88.6 Å². The van der Waals surface area contributed by atoms with Gasteiger partial charge in [-0.2, -0.15) is 4.31 Å². The number of carbonyl (C=O) groups excluding carboxylic acids is 1. The van der Waals surface area contributed by atoms with Crippen LogP contribution in [0.3, 0.4) is 0 Å². The lowest BCUT2D eigenvalue weighted by Gasteiger charge is -2.23. The summed E-state index contributed by atoms with van der Waals surface area (Å²) in [4.78, 5) is 17.4. The second-order valence-electron chi connectivity index (χ2n) is 7.00. The average molecular weight is 450 g/mol. The number of hydrogen-bond donors (Lipinski definition) is 1. The number of thiazole rings is 1. The third-order valence-electron chi connectivity index (χ3n) is 5.08. The van der Waals surface area contributed by atoms with E-state index in [0.29, 0.717) is 29.2 Å². The molecule has 10 heteroatoms. The van der Waals surface area contributed by atoms with Crippen LogP contribution in [0.2, 0.25) is 0 Å². The van der Waals surface area contributed by atoms with E-state index in [9.17, 15) is 17.6 Å². The second-order valence-corrected chi connectivity index (χ2v) is 9.89. The molecule has 3 aromatic rings. The van der Waals surface area contributed by atoms with E-state index < -0.39 is 27.8 Å². The highest BCUT2D eigenvalue weighted by atomic mass is 32.2. The Labute approximate surface area is 177 Å². The molecule has 1 amide bonds. The van der Waals surface area contributed by atoms with Gasteiger partial charge >= 0.3 is 0 Å². The number of nitrogens with one attached hydrogen (secondary N) is 1. The van der Waals surface area contributed by atoms with Gasteiger partial charge in [-0.25, -0.2) is 17.8 Å². The van der Waals surface area contributed by atoms with Gasteiger partial charge in [0.2, 0.25) is 15.9 Å². The van der Waals surface area contributed by atoms with Gasteiger partial charge in [0, 0.05) is 6.54 Å². The SMILES string of the molecule is COc1ccc(C)c2sc(NC(=O)[C@@H]3CCCN3S(=O)(=O)c3ccc(F)cc3)nc12. The number of amides is 1. The molecule has 0 bridgehead atoms. The summed E-state index contributed by atoms with van der Waals surface area (Å²) in [5.74, 6) is -0.353. The van der Waals surface area contributed by atoms with Gasteiger partial charge in [0.25, 0.3) is 0 Å². The Morgan fingerprint density at radius 2 is 2.00 bits per heavy atom. The van der Waals surface area contributed by atoms with Crippen molar-refractivity contribution in [3.63, 3.8) is 0 Å². The Kier molecular flexibility index (Phi) is 5.48. The van der Waals surface area contributed by atoms with Crippen LogP contribution in [0.1, 0.15) is 18.4 Å². The van der Waals surface area contributed by atoms with E-state index in [2.05, 4.69) is 10.3 Å². The van der Waals surface area contributed by atoms with Crippen LogP contribution in [0.15, 0.2) is 41.3 Å². The zero-order valence-corrected chi connectivity index (χ0v) is 18.0. The summed E-state index contributed by atoms with van der Waals surface area (Å²) in [5, 5.41) is 3.14. The van der Waals surface area contributed by atoms with Crippen molar-refractivity contribution in [1.82, 2.24) is 9.29 Å². The number of halogens is 1. The maximum Gasteiger partial charge on any atom is 0.244 e. The third kappa shape index (κ3) is 3.66. The Morgan fingerprint density at radius 3 is 2.70 bits per heavy atom. The first kappa shape index (κ1) is 20.7. The number of nitrogens with zero attached hydrogens (tertiary/aromatic N) is 2. The minimum Gasteiger partial charge on any atom is -0.494 e. The molecule has 30 heavy (non-hydrogen) atoms. The molecule has 0 saturated carbocycles. The normalized spacial score (nSPS) is 17.4. The van der Waals surface area contributed by atoms with Crippen LogP contribution in [0.5, 0.6) is 5.75 Å². The van der Waals surface area contributed by atoms with Crippen molar-refractivity contribution in [2.45, 2.75) is 30.7 Å². The van der Waals surface area contributed by atoms with E-state index >= 15 is 0 Å². The molecule has 0 aliphatic carbocycles. The fraction of sp³-hybridized carbons (Fsp3) is 0.300. The van der Waals surface area contributed by atoms with Gasteiger partial charge in [-0.15, -0.1) is 0 Å². The maximum absolute atomic E-state index is 13.2. The molecular formula is C20H20FN3O4S2. The zero-order valence-electron chi connectivity index (χ0n) is 16.4. The van der Waals surface area contributed by atoms with Gasteiger partial charge in [-0.1, -0.05) is 17.4 Å². The average Bonchev–Trinajstić information content (AvgIpc) is 3.37. The maximum atomic E-state index is 13.2. The summed E-state index contributed by atoms with van der Waals surface area (Å²) in [6.45, 7) is 2.17. The number of aryl methyl sites for hydroxylation is 1. The lowest BCUT2D eigenvalue weighted by atomic mass is 10.2. The molecule has 1 N–H and O–H groups in total. The number of rotatable bonds is 5. The molecule has 1 aromatic heterocycles. The van der Waals surface area contributed by atoms with Crippen LogP contribution in [-0.4, -0.2) is 43.3 Å². The van der Waals surface area contributed by atoms with Crippen LogP contribution in [-0.2, 0) is 14.8 Å². The molecule has 2 heterocycles. The van der Waals surface area contributed by atoms with Crippen molar-refractivity contribution in [2.24, 2.45) is 0 Å². The molecule has 4 rings (SSSR count). The van der Waals surface area contributed by atoms with Crippen LogP contribution in [0.4, 0.5) is 9.52 Å². The fourth-order valence-corrected chi connectivity index (χ4v) is 6.16. The summed E-state index contributed by atoms with van der Waals surface area (Å²) >= 11 is 1.31. The van der Waals surface area contributed by atoms with E-state index in [-0.39, 0.29) is 11.4 Å². The molecule has 1 aliphatic rings. The number of methoxy groups -OCH3 is 1. The Hall–Kier alpha value is -2.56. The van der Waals surface area contributed by atoms with Crippen molar-refractivity contribution >= 4 is 42.6 Å². The number of benzene rings is 2. The second kappa shape index (κ2) is 7.93. The lowest BCUT2D eigenvalue weighted by Crippen LogP contribution is -2.43. The monoisotopic (exact) mass is 449 g/mol. The van der Waals surface area contributed by atoms with Gasteiger partial charge in [-0.05, 0) is 55.7 Å². The standard InChI is InChI=1S/C20H20FN3O4S2/c1-12-5-10-16(28-2)17-18(12)29-20(22-17)23-19(25)15-4-3-11-24(15)30(26,27)14-8-6-13(21)7-9-14/h5-10,15H,3-4,11H2,1-2H3,(H,22,23,25)/t15-/m0/s1. The van der Waals surface area contributed by atoms with Gasteiger partial charge < -0.3 is 10.1 Å². The molecule has 2 aromatic carbocycles. The van der Waals surface area contributed by atoms with Crippen LogP contribution in [0, 0.1) is 12.7 Å². The molecule has 158 valence electrons. The molecule has 7 nitrogen and oxygen atoms in total. The Bertz CT molecular complexity index is 1210. The summed E-state index contributed by atoms with van der Waals surface area (Å²) in [6, 6.07) is 7.48. The summed E-state index contributed by atoms with van der Waals surface area (Å²) in [6.07, 6.45) is 0.963. The molecule has 0 unspecified atom stereocenters. The molecule has 1 fully saturated rings. The van der Waals surface area contributed by atoms with E-state index in [1.807, 2.05) is 19.1 Å². The van der Waals surface area contributed by atoms with E-state index in [0.717, 1.165) is 22.4 Å². The lowest BCUT2D eigenvalue weighted by molar-refractivity contribution is -0.119. The predicted molar refractivity (Wildman–Crippen MR) is 113 cm³/mol.